The number of methoxy groups -OCH3 is 3. The molecule has 4 aliphatic rings. The first-order chi connectivity index (χ1) is 25.5. The molecule has 2 aliphatic heterocycles. The molecule has 1 aromatic heterocycles. The highest BCUT2D eigenvalue weighted by molar-refractivity contribution is 7.92. The van der Waals surface area contributed by atoms with Gasteiger partial charge in [-0.2, -0.15) is 0 Å². The van der Waals surface area contributed by atoms with Crippen LogP contribution >= 0.6 is 11.6 Å². The van der Waals surface area contributed by atoms with E-state index in [1.54, 1.807) is 25.3 Å². The molecule has 2 aromatic carbocycles. The number of aromatic nitrogens is 2. The predicted octanol–water partition coefficient (Wildman–Crippen LogP) is 6.21. The summed E-state index contributed by atoms with van der Waals surface area (Å²) in [6, 6.07) is 12.8. The number of amides is 2. The third-order valence-corrected chi connectivity index (χ3v) is 13.4. The average Bonchev–Trinajstić information content (AvgIpc) is 3.28. The molecule has 0 saturated heterocycles. The Labute approximate surface area is 315 Å². The van der Waals surface area contributed by atoms with Crippen LogP contribution in [0, 0.1) is 17.8 Å². The van der Waals surface area contributed by atoms with Gasteiger partial charge in [0.2, 0.25) is 11.8 Å². The van der Waals surface area contributed by atoms with Gasteiger partial charge >= 0.3 is 0 Å². The number of halogens is 1. The van der Waals surface area contributed by atoms with Gasteiger partial charge in [0.05, 0.1) is 38.4 Å². The van der Waals surface area contributed by atoms with Gasteiger partial charge in [-0.15, -0.1) is 14.6 Å². The lowest BCUT2D eigenvalue weighted by atomic mass is 9.68. The molecule has 2 amide bonds. The van der Waals surface area contributed by atoms with Crippen LogP contribution in [0.1, 0.15) is 70.9 Å². The minimum atomic E-state index is -3.67. The van der Waals surface area contributed by atoms with E-state index in [9.17, 15) is 13.8 Å². The number of hydrogen-bond acceptors (Lipinski definition) is 10. The third-order valence-electron chi connectivity index (χ3n) is 11.2. The molecule has 3 aromatic rings. The Hall–Kier alpha value is -4.20. The SMILES string of the molecule is COc1cc(C(=O)NS2(=O)=NC(=O)c3ccc4c(c3)N(C[C@@H]3CC[C@H]3[C@@H](OC)/C=C/C[C@H](C)C2)C[C@@]2(CCCc3cc(Cl)ccc32)CO4)c(OC)nn1. The molecule has 1 spiro atoms. The van der Waals surface area contributed by atoms with Crippen LogP contribution in [0.3, 0.4) is 0 Å². The maximum absolute atomic E-state index is 14.7. The highest BCUT2D eigenvalue weighted by atomic mass is 35.5. The number of nitrogens with zero attached hydrogens (tertiary/aromatic N) is 4. The van der Waals surface area contributed by atoms with E-state index in [1.165, 1.54) is 31.4 Å². The fourth-order valence-electron chi connectivity index (χ4n) is 8.34. The smallest absolute Gasteiger partial charge is 0.286 e. The van der Waals surface area contributed by atoms with E-state index in [1.807, 2.05) is 19.1 Å². The van der Waals surface area contributed by atoms with Crippen LogP contribution in [-0.2, 0) is 26.5 Å². The van der Waals surface area contributed by atoms with E-state index in [0.29, 0.717) is 37.2 Å². The Kier molecular flexibility index (Phi) is 10.7. The summed E-state index contributed by atoms with van der Waals surface area (Å²) >= 11 is 6.46. The number of benzene rings is 2. The Morgan fingerprint density at radius 1 is 1.09 bits per heavy atom. The van der Waals surface area contributed by atoms with E-state index < -0.39 is 21.7 Å². The normalized spacial score (nSPS) is 28.9. The molecule has 1 unspecified atom stereocenters. The minimum absolute atomic E-state index is 0.0549. The lowest BCUT2D eigenvalue weighted by molar-refractivity contribution is 0.0131. The van der Waals surface area contributed by atoms with Crippen molar-refractivity contribution in [2.75, 3.05) is 51.7 Å². The van der Waals surface area contributed by atoms with Crippen LogP contribution in [0.4, 0.5) is 5.69 Å². The predicted molar refractivity (Wildman–Crippen MR) is 203 cm³/mol. The van der Waals surface area contributed by atoms with E-state index in [2.05, 4.69) is 42.4 Å². The molecule has 1 N–H and O–H groups in total. The summed E-state index contributed by atoms with van der Waals surface area (Å²) in [6.07, 6.45) is 9.63. The Bertz CT molecular complexity index is 2050. The van der Waals surface area contributed by atoms with Crippen molar-refractivity contribution in [1.29, 1.82) is 0 Å². The first-order valence-corrected chi connectivity index (χ1v) is 20.2. The Morgan fingerprint density at radius 2 is 1.94 bits per heavy atom. The fourth-order valence-corrected chi connectivity index (χ4v) is 10.4. The maximum atomic E-state index is 14.7. The number of ether oxygens (including phenoxy) is 4. The standard InChI is InChI=1S/C39H46ClN5O7S/c1-24-7-5-9-33(49-2)29-13-10-27(29)20-45-22-39(16-6-8-25-17-28(40)12-14-31(25)39)23-52-34-15-11-26(18-32(34)45)36(46)43-53(48,21-24)44-37(47)30-19-35(50-3)41-42-38(30)51-4/h5,9,11-12,14-15,17-19,24,27,29,33H,6-8,10,13,16,20-23H2,1-4H3,(H,43,44,46,47,48)/b9-5+/t24-,27-,29+,33-,39-,53?/m0/s1. The van der Waals surface area contributed by atoms with Gasteiger partial charge in [0.1, 0.15) is 21.2 Å². The van der Waals surface area contributed by atoms with Gasteiger partial charge in [-0.1, -0.05) is 36.7 Å². The molecule has 6 atom stereocenters. The summed E-state index contributed by atoms with van der Waals surface area (Å²) in [6.45, 7) is 3.84. The summed E-state index contributed by atoms with van der Waals surface area (Å²) in [5.41, 5.74) is 3.20. The number of hydrogen-bond donors (Lipinski definition) is 1. The fraction of sp³-hybridized carbons (Fsp3) is 0.487. The van der Waals surface area contributed by atoms with Gasteiger partial charge in [0.15, 0.2) is 0 Å². The van der Waals surface area contributed by atoms with Gasteiger partial charge in [0.25, 0.3) is 11.8 Å². The van der Waals surface area contributed by atoms with Crippen molar-refractivity contribution in [3.05, 3.63) is 81.9 Å². The number of nitrogens with one attached hydrogen (secondary N) is 1. The van der Waals surface area contributed by atoms with Crippen LogP contribution in [0.15, 0.2) is 59.0 Å². The Morgan fingerprint density at radius 3 is 2.70 bits per heavy atom. The molecule has 1 saturated carbocycles. The van der Waals surface area contributed by atoms with Gasteiger partial charge in [0, 0.05) is 42.3 Å². The maximum Gasteiger partial charge on any atom is 0.286 e. The van der Waals surface area contributed by atoms with Crippen LogP contribution in [0.25, 0.3) is 0 Å². The Balaban J connectivity index is 1.30. The van der Waals surface area contributed by atoms with Gasteiger partial charge in [-0.3, -0.25) is 14.3 Å². The first kappa shape index (κ1) is 37.1. The van der Waals surface area contributed by atoms with Crippen molar-refractivity contribution in [3.8, 4) is 17.5 Å². The highest BCUT2D eigenvalue weighted by Crippen LogP contribution is 2.47. The molecule has 53 heavy (non-hydrogen) atoms. The number of carbonyl (C=O) groups excluding carboxylic acids is 2. The lowest BCUT2D eigenvalue weighted by Crippen LogP contribution is -2.49. The summed E-state index contributed by atoms with van der Waals surface area (Å²) in [5.74, 6) is -0.466. The quantitative estimate of drug-likeness (QED) is 0.298. The van der Waals surface area contributed by atoms with Crippen molar-refractivity contribution < 1.29 is 32.7 Å². The average molecular weight is 764 g/mol. The number of carbonyl (C=O) groups is 2. The molecule has 7 rings (SSSR count). The summed E-state index contributed by atoms with van der Waals surface area (Å²) in [5, 5.41) is 8.47. The third kappa shape index (κ3) is 7.61. The van der Waals surface area contributed by atoms with Crippen molar-refractivity contribution in [3.63, 3.8) is 0 Å². The van der Waals surface area contributed by atoms with Crippen molar-refractivity contribution in [1.82, 2.24) is 14.9 Å². The molecule has 1 fully saturated rings. The van der Waals surface area contributed by atoms with Crippen molar-refractivity contribution >= 4 is 39.0 Å². The zero-order valence-electron chi connectivity index (χ0n) is 30.5. The van der Waals surface area contributed by atoms with Crippen LogP contribution < -0.4 is 23.8 Å². The molecule has 14 heteroatoms. The second-order valence-corrected chi connectivity index (χ2v) is 17.1. The molecule has 0 radical (unpaired) electrons. The number of anilines is 1. The van der Waals surface area contributed by atoms with E-state index in [4.69, 9.17) is 30.5 Å². The summed E-state index contributed by atoms with van der Waals surface area (Å²) in [7, 11) is 0.804. The summed E-state index contributed by atoms with van der Waals surface area (Å²) < 4.78 is 44.6. The van der Waals surface area contributed by atoms with Crippen LogP contribution in [0.5, 0.6) is 17.5 Å². The zero-order chi connectivity index (χ0) is 37.3. The molecule has 2 bridgehead atoms. The van der Waals surface area contributed by atoms with Gasteiger partial charge in [-0.05, 0) is 97.7 Å². The zero-order valence-corrected chi connectivity index (χ0v) is 32.1. The van der Waals surface area contributed by atoms with Crippen LogP contribution in [-0.4, -0.2) is 79.1 Å². The number of aryl methyl sites for hydroxylation is 1. The molecule has 12 nitrogen and oxygen atoms in total. The van der Waals surface area contributed by atoms with Gasteiger partial charge < -0.3 is 23.8 Å². The number of rotatable bonds is 5. The number of fused-ring (bicyclic) bond motifs is 4. The minimum Gasteiger partial charge on any atom is -0.490 e. The lowest BCUT2D eigenvalue weighted by Gasteiger charge is -2.46. The molecular formula is C39H46ClN5O7S. The van der Waals surface area contributed by atoms with E-state index in [0.717, 1.165) is 49.4 Å². The molecule has 3 heterocycles. The second kappa shape index (κ2) is 15.3. The second-order valence-electron chi connectivity index (χ2n) is 14.7. The molecular weight excluding hydrogens is 718 g/mol. The molecule has 282 valence electrons. The van der Waals surface area contributed by atoms with Crippen LogP contribution in [0.2, 0.25) is 5.02 Å². The number of allylic oxidation sites excluding steroid dienone is 1. The summed E-state index contributed by atoms with van der Waals surface area (Å²) in [4.78, 5) is 30.1. The van der Waals surface area contributed by atoms with Gasteiger partial charge in [-0.25, -0.2) is 4.21 Å². The first-order valence-electron chi connectivity index (χ1n) is 18.1. The van der Waals surface area contributed by atoms with E-state index >= 15 is 0 Å². The van der Waals surface area contributed by atoms with Crippen molar-refractivity contribution in [2.45, 2.75) is 57.0 Å². The van der Waals surface area contributed by atoms with E-state index in [-0.39, 0.29) is 46.1 Å². The van der Waals surface area contributed by atoms with Crippen molar-refractivity contribution in [2.24, 2.45) is 22.1 Å². The monoisotopic (exact) mass is 763 g/mol. The largest absolute Gasteiger partial charge is 0.490 e. The topological polar surface area (TPSA) is 142 Å². The molecule has 2 aliphatic carbocycles. The highest BCUT2D eigenvalue weighted by Gasteiger charge is 2.44.